The molecule has 4 rings (SSSR count). The predicted molar refractivity (Wildman–Crippen MR) is 118 cm³/mol. The van der Waals surface area contributed by atoms with Crippen LogP contribution in [0, 0.1) is 0 Å². The maximum Gasteiger partial charge on any atom is 0.0801 e. The number of hydrogen-bond acceptors (Lipinski definition) is 1. The van der Waals surface area contributed by atoms with Gasteiger partial charge in [-0.25, -0.2) is 0 Å². The van der Waals surface area contributed by atoms with Crippen molar-refractivity contribution >= 4 is 10.8 Å². The van der Waals surface area contributed by atoms with E-state index in [-0.39, 0.29) is 6.10 Å². The highest BCUT2D eigenvalue weighted by Gasteiger charge is 2.07. The molecule has 0 radical (unpaired) electrons. The molecule has 0 aliphatic heterocycles. The summed E-state index contributed by atoms with van der Waals surface area (Å²) in [5.74, 6) is 0. The van der Waals surface area contributed by atoms with E-state index in [0.29, 0.717) is 6.61 Å². The fourth-order valence-electron chi connectivity index (χ4n) is 3.50. The lowest BCUT2D eigenvalue weighted by Crippen LogP contribution is -2.00. The molecule has 1 unspecified atom stereocenters. The van der Waals surface area contributed by atoms with Gasteiger partial charge in [-0.05, 0) is 58.0 Å². The zero-order valence-corrected chi connectivity index (χ0v) is 16.6. The van der Waals surface area contributed by atoms with E-state index < -0.39 is 0 Å². The van der Waals surface area contributed by atoms with Crippen molar-refractivity contribution in [3.63, 3.8) is 0 Å². The van der Waals surface area contributed by atoms with Crippen molar-refractivity contribution in [3.8, 4) is 11.1 Å². The molecule has 0 aliphatic rings. The van der Waals surface area contributed by atoms with Crippen LogP contribution in [0.5, 0.6) is 0 Å². The molecule has 0 heterocycles. The average molecular weight is 367 g/mol. The van der Waals surface area contributed by atoms with Crippen LogP contribution in [0.3, 0.4) is 0 Å². The largest absolute Gasteiger partial charge is 0.369 e. The molecule has 1 atom stereocenters. The van der Waals surface area contributed by atoms with Crippen LogP contribution in [-0.2, 0) is 17.8 Å². The van der Waals surface area contributed by atoms with Gasteiger partial charge in [0.25, 0.3) is 0 Å². The van der Waals surface area contributed by atoms with Crippen molar-refractivity contribution in [2.45, 2.75) is 33.0 Å². The Hall–Kier alpha value is -2.90. The number of aryl methyl sites for hydroxylation is 1. The van der Waals surface area contributed by atoms with Gasteiger partial charge in [-0.15, -0.1) is 0 Å². The molecule has 28 heavy (non-hydrogen) atoms. The first-order valence-electron chi connectivity index (χ1n) is 10.0. The van der Waals surface area contributed by atoms with E-state index >= 15 is 0 Å². The highest BCUT2D eigenvalue weighted by atomic mass is 16.5. The first-order chi connectivity index (χ1) is 13.7. The van der Waals surface area contributed by atoms with Crippen LogP contribution in [0.1, 0.15) is 36.6 Å². The normalized spacial score (nSPS) is 12.2. The van der Waals surface area contributed by atoms with Crippen molar-refractivity contribution in [2.75, 3.05) is 0 Å². The monoisotopic (exact) mass is 366 g/mol. The van der Waals surface area contributed by atoms with Crippen LogP contribution in [0.15, 0.2) is 91.0 Å². The number of benzene rings is 4. The Kier molecular flexibility index (Phi) is 5.55. The molecule has 1 heteroatoms. The van der Waals surface area contributed by atoms with E-state index in [1.165, 1.54) is 38.6 Å². The summed E-state index contributed by atoms with van der Waals surface area (Å²) in [6, 6.07) is 32.5. The standard InChI is InChI=1S/C27H26O/c1-3-21-8-12-24(13-9-21)25-14-10-22(11-15-25)19-28-20(2)26-17-16-23-6-4-5-7-27(23)18-26/h4-18,20H,3,19H2,1-2H3. The molecular formula is C27H26O. The smallest absolute Gasteiger partial charge is 0.0801 e. The zero-order valence-electron chi connectivity index (χ0n) is 16.6. The van der Waals surface area contributed by atoms with Crippen LogP contribution in [0.25, 0.3) is 21.9 Å². The summed E-state index contributed by atoms with van der Waals surface area (Å²) >= 11 is 0. The highest BCUT2D eigenvalue weighted by molar-refractivity contribution is 5.83. The lowest BCUT2D eigenvalue weighted by molar-refractivity contribution is 0.0526. The van der Waals surface area contributed by atoms with Crippen molar-refractivity contribution in [1.82, 2.24) is 0 Å². The average Bonchev–Trinajstić information content (AvgIpc) is 2.77. The number of hydrogen-bond donors (Lipinski definition) is 0. The van der Waals surface area contributed by atoms with E-state index in [1.54, 1.807) is 0 Å². The third-order valence-electron chi connectivity index (χ3n) is 5.39. The van der Waals surface area contributed by atoms with E-state index in [9.17, 15) is 0 Å². The topological polar surface area (TPSA) is 9.23 Å². The van der Waals surface area contributed by atoms with Gasteiger partial charge < -0.3 is 4.74 Å². The van der Waals surface area contributed by atoms with Gasteiger partial charge in [0.15, 0.2) is 0 Å². The van der Waals surface area contributed by atoms with Crippen LogP contribution < -0.4 is 0 Å². The van der Waals surface area contributed by atoms with Gasteiger partial charge in [0.05, 0.1) is 12.7 Å². The van der Waals surface area contributed by atoms with E-state index in [1.807, 2.05) is 0 Å². The molecule has 1 nitrogen and oxygen atoms in total. The molecule has 0 saturated carbocycles. The van der Waals surface area contributed by atoms with Gasteiger partial charge in [-0.3, -0.25) is 0 Å². The Morgan fingerprint density at radius 1 is 0.679 bits per heavy atom. The first kappa shape index (κ1) is 18.5. The van der Waals surface area contributed by atoms with Crippen LogP contribution in [-0.4, -0.2) is 0 Å². The molecule has 4 aromatic carbocycles. The second kappa shape index (κ2) is 8.41. The zero-order chi connectivity index (χ0) is 19.3. The number of fused-ring (bicyclic) bond motifs is 1. The summed E-state index contributed by atoms with van der Waals surface area (Å²) in [5.41, 5.74) is 6.28. The molecule has 0 saturated heterocycles. The number of ether oxygens (including phenoxy) is 1. The molecule has 0 fully saturated rings. The van der Waals surface area contributed by atoms with E-state index in [0.717, 1.165) is 6.42 Å². The number of rotatable bonds is 6. The molecular weight excluding hydrogens is 340 g/mol. The Balaban J connectivity index is 1.41. The van der Waals surface area contributed by atoms with Gasteiger partial charge >= 0.3 is 0 Å². The lowest BCUT2D eigenvalue weighted by Gasteiger charge is -2.15. The minimum absolute atomic E-state index is 0.0610. The summed E-state index contributed by atoms with van der Waals surface area (Å²) < 4.78 is 6.14. The van der Waals surface area contributed by atoms with Gasteiger partial charge in [0.1, 0.15) is 0 Å². The Morgan fingerprint density at radius 3 is 1.93 bits per heavy atom. The van der Waals surface area contributed by atoms with Crippen LogP contribution in [0.2, 0.25) is 0 Å². The summed E-state index contributed by atoms with van der Waals surface area (Å²) in [5, 5.41) is 2.52. The van der Waals surface area contributed by atoms with E-state index in [2.05, 4.69) is 105 Å². The summed E-state index contributed by atoms with van der Waals surface area (Å²) in [4.78, 5) is 0. The summed E-state index contributed by atoms with van der Waals surface area (Å²) in [7, 11) is 0. The molecule has 0 spiro atoms. The van der Waals surface area contributed by atoms with Gasteiger partial charge in [0, 0.05) is 0 Å². The molecule has 0 bridgehead atoms. The molecule has 0 N–H and O–H groups in total. The fourth-order valence-corrected chi connectivity index (χ4v) is 3.50. The third-order valence-corrected chi connectivity index (χ3v) is 5.39. The third kappa shape index (κ3) is 4.16. The SMILES string of the molecule is CCc1ccc(-c2ccc(COC(C)c3ccc4ccccc4c3)cc2)cc1. The van der Waals surface area contributed by atoms with Crippen molar-refractivity contribution in [1.29, 1.82) is 0 Å². The molecule has 140 valence electrons. The Labute approximate surface area is 167 Å². The highest BCUT2D eigenvalue weighted by Crippen LogP contribution is 2.25. The Bertz CT molecular complexity index is 1050. The fraction of sp³-hybridized carbons (Fsp3) is 0.185. The van der Waals surface area contributed by atoms with Crippen molar-refractivity contribution in [3.05, 3.63) is 108 Å². The minimum Gasteiger partial charge on any atom is -0.369 e. The Morgan fingerprint density at radius 2 is 1.29 bits per heavy atom. The maximum absolute atomic E-state index is 6.14. The molecule has 0 amide bonds. The summed E-state index contributed by atoms with van der Waals surface area (Å²) in [6.07, 6.45) is 1.14. The van der Waals surface area contributed by atoms with E-state index in [4.69, 9.17) is 4.74 Å². The molecule has 0 aliphatic carbocycles. The predicted octanol–water partition coefficient (Wildman–Crippen LogP) is 7.35. The first-order valence-corrected chi connectivity index (χ1v) is 10.0. The minimum atomic E-state index is 0.0610. The van der Waals surface area contributed by atoms with Crippen molar-refractivity contribution in [2.24, 2.45) is 0 Å². The second-order valence-electron chi connectivity index (χ2n) is 7.31. The van der Waals surface area contributed by atoms with Crippen molar-refractivity contribution < 1.29 is 4.74 Å². The van der Waals surface area contributed by atoms with Gasteiger partial charge in [-0.1, -0.05) is 91.9 Å². The van der Waals surface area contributed by atoms with Crippen LogP contribution in [0.4, 0.5) is 0 Å². The van der Waals surface area contributed by atoms with Gasteiger partial charge in [-0.2, -0.15) is 0 Å². The molecule has 4 aromatic rings. The van der Waals surface area contributed by atoms with Gasteiger partial charge in [0.2, 0.25) is 0 Å². The van der Waals surface area contributed by atoms with Crippen LogP contribution >= 0.6 is 0 Å². The summed E-state index contributed by atoms with van der Waals surface area (Å²) in [6.45, 7) is 4.92. The second-order valence-corrected chi connectivity index (χ2v) is 7.31. The molecule has 0 aromatic heterocycles. The lowest BCUT2D eigenvalue weighted by atomic mass is 10.0. The quantitative estimate of drug-likeness (QED) is 0.347. The maximum atomic E-state index is 6.14.